The van der Waals surface area contributed by atoms with Crippen LogP contribution in [0.3, 0.4) is 0 Å². The first kappa shape index (κ1) is 11.2. The van der Waals surface area contributed by atoms with E-state index in [1.807, 2.05) is 4.68 Å². The summed E-state index contributed by atoms with van der Waals surface area (Å²) in [4.78, 5) is 0. The van der Waals surface area contributed by atoms with Gasteiger partial charge < -0.3 is 5.73 Å². The Bertz CT molecular complexity index is 278. The third-order valence-electron chi connectivity index (χ3n) is 2.50. The fraction of sp³-hybridized carbons (Fsp3) is 0.727. The van der Waals surface area contributed by atoms with Gasteiger partial charge in [0.1, 0.15) is 0 Å². The summed E-state index contributed by atoms with van der Waals surface area (Å²) < 4.78 is 2.03. The lowest BCUT2D eigenvalue weighted by Gasteiger charge is -2.11. The van der Waals surface area contributed by atoms with Crippen molar-refractivity contribution in [3.8, 4) is 0 Å². The van der Waals surface area contributed by atoms with Crippen molar-refractivity contribution in [3.63, 3.8) is 0 Å². The predicted octanol–water partition coefficient (Wildman–Crippen LogP) is 2.27. The molecule has 0 radical (unpaired) electrons. The van der Waals surface area contributed by atoms with Gasteiger partial charge in [0.05, 0.1) is 11.4 Å². The van der Waals surface area contributed by atoms with Gasteiger partial charge in [-0.05, 0) is 25.8 Å². The minimum absolute atomic E-state index is 0.146. The van der Waals surface area contributed by atoms with Crippen LogP contribution in [0.4, 0.5) is 0 Å². The van der Waals surface area contributed by atoms with Crippen LogP contribution in [-0.4, -0.2) is 9.78 Å². The molecular formula is C11H21N3. The van der Waals surface area contributed by atoms with Gasteiger partial charge in [-0.2, -0.15) is 5.10 Å². The lowest BCUT2D eigenvalue weighted by molar-refractivity contribution is 0.540. The van der Waals surface area contributed by atoms with Crippen LogP contribution in [0.2, 0.25) is 0 Å². The van der Waals surface area contributed by atoms with Crippen LogP contribution >= 0.6 is 0 Å². The lowest BCUT2D eigenvalue weighted by atomic mass is 10.1. The first-order chi connectivity index (χ1) is 6.72. The smallest absolute Gasteiger partial charge is 0.0625 e. The van der Waals surface area contributed by atoms with E-state index < -0.39 is 0 Å². The Kier molecular flexibility index (Phi) is 4.14. The zero-order chi connectivity index (χ0) is 10.6. The van der Waals surface area contributed by atoms with E-state index in [2.05, 4.69) is 31.9 Å². The molecule has 3 heteroatoms. The number of hydrogen-bond donors (Lipinski definition) is 1. The molecule has 0 amide bonds. The number of aryl methyl sites for hydroxylation is 2. The molecule has 1 unspecified atom stereocenters. The summed E-state index contributed by atoms with van der Waals surface area (Å²) in [7, 11) is 0. The number of rotatable bonds is 5. The van der Waals surface area contributed by atoms with Gasteiger partial charge in [-0.15, -0.1) is 0 Å². The van der Waals surface area contributed by atoms with E-state index in [1.165, 1.54) is 5.69 Å². The van der Waals surface area contributed by atoms with Gasteiger partial charge in [-0.1, -0.05) is 20.3 Å². The average Bonchev–Trinajstić information content (AvgIpc) is 2.61. The van der Waals surface area contributed by atoms with Crippen LogP contribution in [0.15, 0.2) is 6.07 Å². The standard InChI is InChI=1S/C11H21N3/c1-4-7-10(12)11-8-9(5-2)13-14(11)6-3/h8,10H,4-7,12H2,1-3H3. The van der Waals surface area contributed by atoms with Crippen LogP contribution in [0.1, 0.15) is 51.0 Å². The second-order valence-corrected chi connectivity index (χ2v) is 3.63. The second-order valence-electron chi connectivity index (χ2n) is 3.63. The van der Waals surface area contributed by atoms with Crippen molar-refractivity contribution in [2.24, 2.45) is 5.73 Å². The summed E-state index contributed by atoms with van der Waals surface area (Å²) in [6.07, 6.45) is 3.14. The summed E-state index contributed by atoms with van der Waals surface area (Å²) in [5.74, 6) is 0. The molecule has 0 aliphatic heterocycles. The lowest BCUT2D eigenvalue weighted by Crippen LogP contribution is -2.15. The first-order valence-corrected chi connectivity index (χ1v) is 5.55. The van der Waals surface area contributed by atoms with Crippen LogP contribution in [-0.2, 0) is 13.0 Å². The largest absolute Gasteiger partial charge is 0.323 e. The van der Waals surface area contributed by atoms with Crippen LogP contribution in [0, 0.1) is 0 Å². The molecule has 0 saturated carbocycles. The number of aromatic nitrogens is 2. The molecule has 1 atom stereocenters. The highest BCUT2D eigenvalue weighted by molar-refractivity contribution is 5.14. The second kappa shape index (κ2) is 5.15. The third kappa shape index (κ3) is 2.35. The zero-order valence-corrected chi connectivity index (χ0v) is 9.45. The first-order valence-electron chi connectivity index (χ1n) is 5.55. The zero-order valence-electron chi connectivity index (χ0n) is 9.45. The minimum Gasteiger partial charge on any atom is -0.323 e. The SMILES string of the molecule is CCCC(N)c1cc(CC)nn1CC. The third-order valence-corrected chi connectivity index (χ3v) is 2.50. The van der Waals surface area contributed by atoms with Crippen molar-refractivity contribution in [2.45, 2.75) is 52.6 Å². The molecule has 0 fully saturated rings. The van der Waals surface area contributed by atoms with Gasteiger partial charge in [0.15, 0.2) is 0 Å². The fourth-order valence-corrected chi connectivity index (χ4v) is 1.67. The highest BCUT2D eigenvalue weighted by Gasteiger charge is 2.12. The molecule has 0 saturated heterocycles. The van der Waals surface area contributed by atoms with Crippen molar-refractivity contribution in [3.05, 3.63) is 17.5 Å². The Hall–Kier alpha value is -0.830. The maximum absolute atomic E-state index is 6.09. The van der Waals surface area contributed by atoms with Gasteiger partial charge in [-0.25, -0.2) is 0 Å². The van der Waals surface area contributed by atoms with Crippen LogP contribution < -0.4 is 5.73 Å². The summed E-state index contributed by atoms with van der Waals surface area (Å²) in [5, 5.41) is 4.49. The predicted molar refractivity (Wildman–Crippen MR) is 59.1 cm³/mol. The number of nitrogens with two attached hydrogens (primary N) is 1. The Morgan fingerprint density at radius 3 is 2.64 bits per heavy atom. The molecular weight excluding hydrogens is 174 g/mol. The molecule has 1 rings (SSSR count). The molecule has 80 valence electrons. The van der Waals surface area contributed by atoms with Crippen molar-refractivity contribution >= 4 is 0 Å². The maximum Gasteiger partial charge on any atom is 0.0625 e. The molecule has 2 N–H and O–H groups in total. The highest BCUT2D eigenvalue weighted by atomic mass is 15.3. The molecule has 1 heterocycles. The molecule has 1 aromatic heterocycles. The van der Waals surface area contributed by atoms with Crippen molar-refractivity contribution < 1.29 is 0 Å². The molecule has 1 aromatic rings. The Labute approximate surface area is 86.3 Å². The van der Waals surface area contributed by atoms with Crippen LogP contribution in [0.25, 0.3) is 0 Å². The van der Waals surface area contributed by atoms with E-state index in [9.17, 15) is 0 Å². The highest BCUT2D eigenvalue weighted by Crippen LogP contribution is 2.17. The van der Waals surface area contributed by atoms with Gasteiger partial charge >= 0.3 is 0 Å². The monoisotopic (exact) mass is 195 g/mol. The molecule has 14 heavy (non-hydrogen) atoms. The van der Waals surface area contributed by atoms with Gasteiger partial charge in [0, 0.05) is 12.6 Å². The summed E-state index contributed by atoms with van der Waals surface area (Å²) in [5.41, 5.74) is 8.42. The quantitative estimate of drug-likeness (QED) is 0.783. The molecule has 0 aromatic carbocycles. The maximum atomic E-state index is 6.09. The average molecular weight is 195 g/mol. The number of nitrogens with zero attached hydrogens (tertiary/aromatic N) is 2. The van der Waals surface area contributed by atoms with Gasteiger partial charge in [0.2, 0.25) is 0 Å². The van der Waals surface area contributed by atoms with Crippen LogP contribution in [0.5, 0.6) is 0 Å². The molecule has 0 aliphatic carbocycles. The fourth-order valence-electron chi connectivity index (χ4n) is 1.67. The Balaban J connectivity index is 2.87. The molecule has 0 bridgehead atoms. The van der Waals surface area contributed by atoms with E-state index in [0.29, 0.717) is 0 Å². The number of hydrogen-bond acceptors (Lipinski definition) is 2. The van der Waals surface area contributed by atoms with Gasteiger partial charge in [0.25, 0.3) is 0 Å². The summed E-state index contributed by atoms with van der Waals surface area (Å²) in [6.45, 7) is 7.30. The van der Waals surface area contributed by atoms with Crippen molar-refractivity contribution in [1.82, 2.24) is 9.78 Å². The molecule has 0 spiro atoms. The van der Waals surface area contributed by atoms with E-state index in [-0.39, 0.29) is 6.04 Å². The molecule has 3 nitrogen and oxygen atoms in total. The van der Waals surface area contributed by atoms with E-state index in [4.69, 9.17) is 5.73 Å². The van der Waals surface area contributed by atoms with Crippen molar-refractivity contribution in [2.75, 3.05) is 0 Å². The van der Waals surface area contributed by atoms with E-state index in [0.717, 1.165) is 31.5 Å². The normalized spacial score (nSPS) is 13.1. The molecule has 0 aliphatic rings. The Morgan fingerprint density at radius 2 is 2.14 bits per heavy atom. The summed E-state index contributed by atoms with van der Waals surface area (Å²) >= 11 is 0. The van der Waals surface area contributed by atoms with Crippen molar-refractivity contribution in [1.29, 1.82) is 0 Å². The topological polar surface area (TPSA) is 43.8 Å². The minimum atomic E-state index is 0.146. The van der Waals surface area contributed by atoms with E-state index >= 15 is 0 Å². The van der Waals surface area contributed by atoms with E-state index in [1.54, 1.807) is 0 Å². The Morgan fingerprint density at radius 1 is 1.43 bits per heavy atom. The van der Waals surface area contributed by atoms with Gasteiger partial charge in [-0.3, -0.25) is 4.68 Å². The summed E-state index contributed by atoms with van der Waals surface area (Å²) in [6, 6.07) is 2.29.